The predicted molar refractivity (Wildman–Crippen MR) is 89.2 cm³/mol. The first-order valence-electron chi connectivity index (χ1n) is 8.48. The second kappa shape index (κ2) is 7.04. The Kier molecular flexibility index (Phi) is 4.87. The van der Waals surface area contributed by atoms with Gasteiger partial charge >= 0.3 is 0 Å². The quantitative estimate of drug-likeness (QED) is 0.634. The fourth-order valence-electron chi connectivity index (χ4n) is 3.73. The molecule has 2 aromatic rings. The van der Waals surface area contributed by atoms with Crippen LogP contribution in [0.5, 0.6) is 0 Å². The summed E-state index contributed by atoms with van der Waals surface area (Å²) in [5.74, 6) is 1.22. The Hall–Kier alpha value is -1.70. The first-order valence-corrected chi connectivity index (χ1v) is 8.48. The van der Waals surface area contributed by atoms with Crippen LogP contribution in [0.15, 0.2) is 42.6 Å². The molecule has 1 nitrogen and oxygen atoms in total. The van der Waals surface area contributed by atoms with Gasteiger partial charge in [0.15, 0.2) is 0 Å². The van der Waals surface area contributed by atoms with E-state index in [4.69, 9.17) is 0 Å². The smallest absolute Gasteiger partial charge is 0.220 e. The highest BCUT2D eigenvalue weighted by atomic mass is 19.1. The van der Waals surface area contributed by atoms with E-state index >= 15 is 0 Å². The summed E-state index contributed by atoms with van der Waals surface area (Å²) in [6.45, 7) is 2.28. The molecule has 0 aliphatic heterocycles. The highest BCUT2D eigenvalue weighted by Crippen LogP contribution is 2.38. The van der Waals surface area contributed by atoms with Gasteiger partial charge in [0.05, 0.1) is 0 Å². The lowest BCUT2D eigenvalue weighted by Crippen LogP contribution is -2.13. The highest BCUT2D eigenvalue weighted by molar-refractivity contribution is 5.63. The lowest BCUT2D eigenvalue weighted by molar-refractivity contribution is 0.308. The van der Waals surface area contributed by atoms with Crippen LogP contribution in [0.3, 0.4) is 0 Å². The largest absolute Gasteiger partial charge is 0.228 e. The van der Waals surface area contributed by atoms with Crippen LogP contribution < -0.4 is 0 Å². The topological polar surface area (TPSA) is 12.9 Å². The molecule has 0 N–H and O–H groups in total. The third-order valence-electron chi connectivity index (χ3n) is 5.00. The summed E-state index contributed by atoms with van der Waals surface area (Å²) in [5, 5.41) is 0. The van der Waals surface area contributed by atoms with E-state index in [9.17, 15) is 4.39 Å². The molecule has 0 unspecified atom stereocenters. The number of aromatic nitrogens is 1. The number of benzene rings is 1. The van der Waals surface area contributed by atoms with E-state index in [0.717, 1.165) is 11.5 Å². The van der Waals surface area contributed by atoms with Crippen LogP contribution in [-0.4, -0.2) is 4.98 Å². The molecule has 0 saturated heterocycles. The van der Waals surface area contributed by atoms with Crippen LogP contribution in [0.1, 0.15) is 56.9 Å². The van der Waals surface area contributed by atoms with Crippen LogP contribution in [0.25, 0.3) is 11.1 Å². The van der Waals surface area contributed by atoms with E-state index in [2.05, 4.69) is 24.0 Å². The molecule has 1 fully saturated rings. The molecule has 0 spiro atoms. The van der Waals surface area contributed by atoms with Crippen molar-refractivity contribution >= 4 is 0 Å². The molecular formula is C20H24FN. The molecule has 1 aliphatic carbocycles. The summed E-state index contributed by atoms with van der Waals surface area (Å²) in [6, 6.07) is 12.0. The summed E-state index contributed by atoms with van der Waals surface area (Å²) < 4.78 is 13.7. The maximum Gasteiger partial charge on any atom is 0.220 e. The average Bonchev–Trinajstić information content (AvgIpc) is 2.57. The van der Waals surface area contributed by atoms with Gasteiger partial charge in [-0.15, -0.1) is 0 Å². The maximum absolute atomic E-state index is 13.7. The summed E-state index contributed by atoms with van der Waals surface area (Å²) in [7, 11) is 0. The molecule has 1 aromatic carbocycles. The molecule has 2 heteroatoms. The maximum atomic E-state index is 13.7. The van der Waals surface area contributed by atoms with E-state index in [1.807, 2.05) is 12.1 Å². The van der Waals surface area contributed by atoms with E-state index in [0.29, 0.717) is 11.5 Å². The fraction of sp³-hybridized carbons (Fsp3) is 0.450. The van der Waals surface area contributed by atoms with Crippen molar-refractivity contribution in [3.63, 3.8) is 0 Å². The number of pyridine rings is 1. The minimum absolute atomic E-state index is 0.393. The number of halogens is 1. The van der Waals surface area contributed by atoms with Crippen molar-refractivity contribution < 1.29 is 4.39 Å². The minimum Gasteiger partial charge on any atom is -0.228 e. The van der Waals surface area contributed by atoms with Crippen molar-refractivity contribution in [2.45, 2.75) is 51.4 Å². The van der Waals surface area contributed by atoms with Gasteiger partial charge < -0.3 is 0 Å². The minimum atomic E-state index is -0.393. The van der Waals surface area contributed by atoms with Crippen molar-refractivity contribution in [3.05, 3.63) is 54.1 Å². The Morgan fingerprint density at radius 2 is 1.77 bits per heavy atom. The Morgan fingerprint density at radius 3 is 2.41 bits per heavy atom. The van der Waals surface area contributed by atoms with Crippen molar-refractivity contribution in [2.75, 3.05) is 0 Å². The Bertz CT molecular complexity index is 597. The number of hydrogen-bond donors (Lipinski definition) is 0. The van der Waals surface area contributed by atoms with Crippen molar-refractivity contribution in [2.24, 2.45) is 5.92 Å². The molecule has 1 saturated carbocycles. The van der Waals surface area contributed by atoms with Crippen LogP contribution in [0, 0.1) is 11.9 Å². The van der Waals surface area contributed by atoms with Gasteiger partial charge in [-0.1, -0.05) is 44.0 Å². The van der Waals surface area contributed by atoms with Gasteiger partial charge in [-0.25, -0.2) is 4.98 Å². The molecule has 1 aromatic heterocycles. The van der Waals surface area contributed by atoms with Crippen LogP contribution in [-0.2, 0) is 0 Å². The molecule has 3 rings (SSSR count). The van der Waals surface area contributed by atoms with Gasteiger partial charge in [0.1, 0.15) is 0 Å². The standard InChI is InChI=1S/C20H24FN/c1-2-4-15-6-8-16(9-7-15)17-10-12-18(13-11-17)19-5-3-14-22-20(19)21/h3,5,10-16H,2,4,6-9H2,1H3. The van der Waals surface area contributed by atoms with Crippen molar-refractivity contribution in [3.8, 4) is 11.1 Å². The molecule has 116 valence electrons. The lowest BCUT2D eigenvalue weighted by atomic mass is 9.77. The molecule has 0 bridgehead atoms. The number of rotatable bonds is 4. The van der Waals surface area contributed by atoms with E-state index in [-0.39, 0.29) is 0 Å². The number of nitrogens with zero attached hydrogens (tertiary/aromatic N) is 1. The van der Waals surface area contributed by atoms with Crippen LogP contribution in [0.2, 0.25) is 0 Å². The second-order valence-electron chi connectivity index (χ2n) is 6.47. The zero-order valence-electron chi connectivity index (χ0n) is 13.3. The molecule has 22 heavy (non-hydrogen) atoms. The summed E-state index contributed by atoms with van der Waals surface area (Å²) in [5.41, 5.74) is 2.90. The van der Waals surface area contributed by atoms with Crippen LogP contribution in [0.4, 0.5) is 4.39 Å². The summed E-state index contributed by atoms with van der Waals surface area (Å²) >= 11 is 0. The fourth-order valence-corrected chi connectivity index (χ4v) is 3.73. The van der Waals surface area contributed by atoms with Gasteiger partial charge in [-0.3, -0.25) is 0 Å². The normalized spacial score (nSPS) is 21.7. The SMILES string of the molecule is CCCC1CCC(c2ccc(-c3cccnc3F)cc2)CC1. The molecule has 0 radical (unpaired) electrons. The molecule has 1 aliphatic rings. The van der Waals surface area contributed by atoms with Crippen molar-refractivity contribution in [1.29, 1.82) is 0 Å². The van der Waals surface area contributed by atoms with Crippen LogP contribution >= 0.6 is 0 Å². The molecule has 0 atom stereocenters. The van der Waals surface area contributed by atoms with E-state index in [1.165, 1.54) is 50.3 Å². The molecule has 1 heterocycles. The third kappa shape index (κ3) is 3.37. The molecule has 0 amide bonds. The Labute approximate surface area is 132 Å². The van der Waals surface area contributed by atoms with Crippen molar-refractivity contribution in [1.82, 2.24) is 4.98 Å². The first kappa shape index (κ1) is 15.2. The Morgan fingerprint density at radius 1 is 1.05 bits per heavy atom. The average molecular weight is 297 g/mol. The lowest BCUT2D eigenvalue weighted by Gasteiger charge is -2.28. The first-order chi connectivity index (χ1) is 10.8. The zero-order valence-corrected chi connectivity index (χ0v) is 13.3. The highest BCUT2D eigenvalue weighted by Gasteiger charge is 2.21. The van der Waals surface area contributed by atoms with Gasteiger partial charge in [-0.2, -0.15) is 4.39 Å². The third-order valence-corrected chi connectivity index (χ3v) is 5.00. The van der Waals surface area contributed by atoms with Gasteiger partial charge in [0, 0.05) is 11.8 Å². The number of hydrogen-bond acceptors (Lipinski definition) is 1. The summed E-state index contributed by atoms with van der Waals surface area (Å²) in [4.78, 5) is 3.73. The Balaban J connectivity index is 1.69. The van der Waals surface area contributed by atoms with Gasteiger partial charge in [0.2, 0.25) is 5.95 Å². The molecular weight excluding hydrogens is 273 g/mol. The summed E-state index contributed by atoms with van der Waals surface area (Å²) in [6.07, 6.45) is 9.49. The van der Waals surface area contributed by atoms with Gasteiger partial charge in [-0.05, 0) is 60.8 Å². The zero-order chi connectivity index (χ0) is 15.4. The monoisotopic (exact) mass is 297 g/mol. The van der Waals surface area contributed by atoms with E-state index in [1.54, 1.807) is 12.1 Å². The predicted octanol–water partition coefficient (Wildman–Crippen LogP) is 5.96. The van der Waals surface area contributed by atoms with E-state index < -0.39 is 5.95 Å². The second-order valence-corrected chi connectivity index (χ2v) is 6.47. The van der Waals surface area contributed by atoms with Gasteiger partial charge in [0.25, 0.3) is 0 Å².